The van der Waals surface area contributed by atoms with Crippen molar-refractivity contribution in [2.45, 2.75) is 13.8 Å². The van der Waals surface area contributed by atoms with Crippen LogP contribution in [0.25, 0.3) is 10.2 Å². The Labute approximate surface area is 134 Å². The van der Waals surface area contributed by atoms with Gasteiger partial charge in [-0.05, 0) is 31.5 Å². The second kappa shape index (κ2) is 5.51. The summed E-state index contributed by atoms with van der Waals surface area (Å²) in [5, 5.41) is 12.2. The lowest BCUT2D eigenvalue weighted by molar-refractivity contribution is -0.385. The Balaban J connectivity index is 2.13. The lowest BCUT2D eigenvalue weighted by atomic mass is 10.2. The minimum atomic E-state index is -0.536. The number of hydrogen-bond donors (Lipinski definition) is 0. The van der Waals surface area contributed by atoms with Gasteiger partial charge in [0, 0.05) is 16.0 Å². The Morgan fingerprint density at radius 1 is 1.32 bits per heavy atom. The molecular formula is C14H10ClN3O3S. The smallest absolute Gasteiger partial charge is 0.313 e. The van der Waals surface area contributed by atoms with E-state index in [1.165, 1.54) is 35.9 Å². The Hall–Kier alpha value is -2.25. The number of aryl methyl sites for hydroxylation is 2. The molecule has 0 aliphatic rings. The molecule has 112 valence electrons. The van der Waals surface area contributed by atoms with E-state index in [0.717, 1.165) is 20.7 Å². The molecule has 0 radical (unpaired) electrons. The van der Waals surface area contributed by atoms with Crippen molar-refractivity contribution in [2.75, 3.05) is 0 Å². The minimum absolute atomic E-state index is 0.0950. The average Bonchev–Trinajstić information content (AvgIpc) is 2.77. The van der Waals surface area contributed by atoms with E-state index in [0.29, 0.717) is 5.88 Å². The van der Waals surface area contributed by atoms with Crippen LogP contribution in [0, 0.1) is 24.0 Å². The predicted octanol–water partition coefficient (Wildman–Crippen LogP) is 4.66. The maximum Gasteiger partial charge on any atom is 0.313 e. The zero-order valence-electron chi connectivity index (χ0n) is 11.7. The first-order valence-electron chi connectivity index (χ1n) is 6.30. The normalized spacial score (nSPS) is 10.9. The second-order valence-corrected chi connectivity index (χ2v) is 6.25. The lowest BCUT2D eigenvalue weighted by Gasteiger charge is -2.07. The molecule has 0 aliphatic heterocycles. The third-order valence-electron chi connectivity index (χ3n) is 3.25. The van der Waals surface area contributed by atoms with E-state index in [1.807, 2.05) is 13.8 Å². The van der Waals surface area contributed by atoms with Crippen LogP contribution in [-0.4, -0.2) is 14.9 Å². The van der Waals surface area contributed by atoms with Crippen molar-refractivity contribution in [1.82, 2.24) is 9.97 Å². The van der Waals surface area contributed by atoms with Crippen LogP contribution in [0.3, 0.4) is 0 Å². The van der Waals surface area contributed by atoms with Crippen molar-refractivity contribution >= 4 is 38.8 Å². The molecule has 0 amide bonds. The fourth-order valence-electron chi connectivity index (χ4n) is 2.05. The number of rotatable bonds is 3. The van der Waals surface area contributed by atoms with Gasteiger partial charge in [0.1, 0.15) is 11.2 Å². The number of nitrogens with zero attached hydrogens (tertiary/aromatic N) is 3. The van der Waals surface area contributed by atoms with E-state index in [1.54, 1.807) is 0 Å². The van der Waals surface area contributed by atoms with Gasteiger partial charge in [-0.1, -0.05) is 11.6 Å². The van der Waals surface area contributed by atoms with E-state index in [4.69, 9.17) is 16.3 Å². The van der Waals surface area contributed by atoms with Crippen LogP contribution in [0.1, 0.15) is 10.4 Å². The van der Waals surface area contributed by atoms with Crippen molar-refractivity contribution in [2.24, 2.45) is 0 Å². The maximum absolute atomic E-state index is 11.1. The molecule has 0 unspecified atom stereocenters. The average molecular weight is 336 g/mol. The molecule has 0 fully saturated rings. The summed E-state index contributed by atoms with van der Waals surface area (Å²) in [5.41, 5.74) is 0.802. The van der Waals surface area contributed by atoms with Crippen molar-refractivity contribution in [3.05, 3.63) is 50.1 Å². The number of nitro groups is 1. The first-order chi connectivity index (χ1) is 10.5. The van der Waals surface area contributed by atoms with Crippen molar-refractivity contribution in [3.8, 4) is 11.6 Å². The largest absolute Gasteiger partial charge is 0.431 e. The summed E-state index contributed by atoms with van der Waals surface area (Å²) in [6.45, 7) is 3.93. The molecule has 6 nitrogen and oxygen atoms in total. The Kier molecular flexibility index (Phi) is 3.67. The molecule has 2 heterocycles. The molecule has 0 saturated carbocycles. The molecular weight excluding hydrogens is 326 g/mol. The second-order valence-electron chi connectivity index (χ2n) is 4.61. The summed E-state index contributed by atoms with van der Waals surface area (Å²) in [7, 11) is 0. The number of benzene rings is 1. The van der Waals surface area contributed by atoms with Crippen LogP contribution in [0.15, 0.2) is 24.5 Å². The SMILES string of the molecule is Cc1sc2ncnc(Oc3ccc(Cl)cc3[N+](=O)[O-])c2c1C. The zero-order chi connectivity index (χ0) is 15.9. The van der Waals surface area contributed by atoms with Gasteiger partial charge in [0.25, 0.3) is 0 Å². The summed E-state index contributed by atoms with van der Waals surface area (Å²) in [5.74, 6) is 0.398. The van der Waals surface area contributed by atoms with Crippen molar-refractivity contribution < 1.29 is 9.66 Å². The number of aromatic nitrogens is 2. The molecule has 22 heavy (non-hydrogen) atoms. The fraction of sp³-hybridized carbons (Fsp3) is 0.143. The summed E-state index contributed by atoms with van der Waals surface area (Å²) in [6.07, 6.45) is 1.38. The molecule has 0 bridgehead atoms. The van der Waals surface area contributed by atoms with Gasteiger partial charge in [-0.15, -0.1) is 11.3 Å². The van der Waals surface area contributed by atoms with Crippen LogP contribution in [-0.2, 0) is 0 Å². The van der Waals surface area contributed by atoms with Gasteiger partial charge in [0.2, 0.25) is 11.6 Å². The quantitative estimate of drug-likeness (QED) is 0.513. The molecule has 3 aromatic rings. The summed E-state index contributed by atoms with van der Waals surface area (Å²) in [4.78, 5) is 20.8. The van der Waals surface area contributed by atoms with E-state index in [2.05, 4.69) is 9.97 Å². The lowest BCUT2D eigenvalue weighted by Crippen LogP contribution is -1.95. The van der Waals surface area contributed by atoms with Gasteiger partial charge in [-0.25, -0.2) is 9.97 Å². The van der Waals surface area contributed by atoms with Crippen LogP contribution in [0.5, 0.6) is 11.6 Å². The van der Waals surface area contributed by atoms with Gasteiger partial charge < -0.3 is 4.74 Å². The van der Waals surface area contributed by atoms with Crippen LogP contribution in [0.2, 0.25) is 5.02 Å². The van der Waals surface area contributed by atoms with Gasteiger partial charge in [-0.3, -0.25) is 10.1 Å². The minimum Gasteiger partial charge on any atom is -0.431 e. The third kappa shape index (κ3) is 2.49. The summed E-state index contributed by atoms with van der Waals surface area (Å²) in [6, 6.07) is 4.25. The number of fused-ring (bicyclic) bond motifs is 1. The molecule has 2 aromatic heterocycles. The highest BCUT2D eigenvalue weighted by Gasteiger charge is 2.20. The topological polar surface area (TPSA) is 78.2 Å². The highest BCUT2D eigenvalue weighted by molar-refractivity contribution is 7.18. The van der Waals surface area contributed by atoms with E-state index in [-0.39, 0.29) is 16.5 Å². The molecule has 0 spiro atoms. The van der Waals surface area contributed by atoms with Crippen LogP contribution < -0.4 is 4.74 Å². The number of thiophene rings is 1. The molecule has 8 heteroatoms. The summed E-state index contributed by atoms with van der Waals surface area (Å²) >= 11 is 7.33. The number of halogens is 1. The van der Waals surface area contributed by atoms with Crippen molar-refractivity contribution in [1.29, 1.82) is 0 Å². The van der Waals surface area contributed by atoms with Crippen LogP contribution in [0.4, 0.5) is 5.69 Å². The van der Waals surface area contributed by atoms with Gasteiger partial charge >= 0.3 is 5.69 Å². The molecule has 3 rings (SSSR count). The summed E-state index contributed by atoms with van der Waals surface area (Å²) < 4.78 is 5.69. The van der Waals surface area contributed by atoms with E-state index < -0.39 is 4.92 Å². The first-order valence-corrected chi connectivity index (χ1v) is 7.49. The van der Waals surface area contributed by atoms with E-state index in [9.17, 15) is 10.1 Å². The number of nitro benzene ring substituents is 1. The molecule has 1 aromatic carbocycles. The zero-order valence-corrected chi connectivity index (χ0v) is 13.2. The van der Waals surface area contributed by atoms with Crippen LogP contribution >= 0.6 is 22.9 Å². The van der Waals surface area contributed by atoms with E-state index >= 15 is 0 Å². The highest BCUT2D eigenvalue weighted by Crippen LogP contribution is 2.38. The Morgan fingerprint density at radius 3 is 2.82 bits per heavy atom. The molecule has 0 atom stereocenters. The fourth-order valence-corrected chi connectivity index (χ4v) is 3.20. The Morgan fingerprint density at radius 2 is 2.09 bits per heavy atom. The molecule has 0 saturated heterocycles. The van der Waals surface area contributed by atoms with Gasteiger partial charge in [-0.2, -0.15) is 0 Å². The highest BCUT2D eigenvalue weighted by atomic mass is 35.5. The monoisotopic (exact) mass is 335 g/mol. The third-order valence-corrected chi connectivity index (χ3v) is 4.61. The molecule has 0 aliphatic carbocycles. The predicted molar refractivity (Wildman–Crippen MR) is 85.1 cm³/mol. The Bertz CT molecular complexity index is 894. The molecule has 0 N–H and O–H groups in total. The first kappa shape index (κ1) is 14.7. The standard InChI is InChI=1S/C14H10ClN3O3S/c1-7-8(2)22-14-12(7)13(16-6-17-14)21-11-4-3-9(15)5-10(11)18(19)20/h3-6H,1-2H3. The maximum atomic E-state index is 11.1. The number of hydrogen-bond acceptors (Lipinski definition) is 6. The van der Waals surface area contributed by atoms with Gasteiger partial charge in [0.05, 0.1) is 10.3 Å². The van der Waals surface area contributed by atoms with Gasteiger partial charge in [0.15, 0.2) is 0 Å². The van der Waals surface area contributed by atoms with Crippen molar-refractivity contribution in [3.63, 3.8) is 0 Å². The number of ether oxygens (including phenoxy) is 1.